The monoisotopic (exact) mass is 272 g/mol. The molecule has 102 valence electrons. The molecule has 0 aliphatic rings. The third kappa shape index (κ3) is 2.48. The van der Waals surface area contributed by atoms with Crippen LogP contribution in [0.5, 0.6) is 0 Å². The lowest BCUT2D eigenvalue weighted by Crippen LogP contribution is -1.97. The molecule has 0 atom stereocenters. The van der Waals surface area contributed by atoms with E-state index in [4.69, 9.17) is 4.98 Å². The van der Waals surface area contributed by atoms with Crippen LogP contribution in [0.2, 0.25) is 0 Å². The Morgan fingerprint density at radius 3 is 2.38 bits per heavy atom. The van der Waals surface area contributed by atoms with Gasteiger partial charge >= 0.3 is 0 Å². The maximum Gasteiger partial charge on any atom is 0.160 e. The SMILES string of the molecule is C=C/C(=C\C)c1nc(-c2ccccc2)c2ccccc2n1. The molecule has 21 heavy (non-hydrogen) atoms. The average Bonchev–Trinajstić information content (AvgIpc) is 2.56. The Balaban J connectivity index is 2.34. The normalized spacial score (nSPS) is 11.6. The quantitative estimate of drug-likeness (QED) is 0.635. The Morgan fingerprint density at radius 2 is 1.67 bits per heavy atom. The van der Waals surface area contributed by atoms with E-state index in [0.29, 0.717) is 5.82 Å². The van der Waals surface area contributed by atoms with Gasteiger partial charge in [-0.1, -0.05) is 67.3 Å². The summed E-state index contributed by atoms with van der Waals surface area (Å²) in [6.07, 6.45) is 3.77. The summed E-state index contributed by atoms with van der Waals surface area (Å²) in [5, 5.41) is 1.06. The minimum Gasteiger partial charge on any atom is -0.228 e. The largest absolute Gasteiger partial charge is 0.228 e. The summed E-state index contributed by atoms with van der Waals surface area (Å²) in [6, 6.07) is 18.3. The lowest BCUT2D eigenvalue weighted by atomic mass is 10.1. The fraction of sp³-hybridized carbons (Fsp3) is 0.0526. The van der Waals surface area contributed by atoms with Crippen LogP contribution in [-0.2, 0) is 0 Å². The van der Waals surface area contributed by atoms with Crippen molar-refractivity contribution in [3.8, 4) is 11.3 Å². The number of nitrogens with zero attached hydrogens (tertiary/aromatic N) is 2. The highest BCUT2D eigenvalue weighted by Gasteiger charge is 2.10. The smallest absolute Gasteiger partial charge is 0.160 e. The van der Waals surface area contributed by atoms with Gasteiger partial charge in [0, 0.05) is 16.5 Å². The Morgan fingerprint density at radius 1 is 0.952 bits per heavy atom. The number of hydrogen-bond acceptors (Lipinski definition) is 2. The first-order valence-electron chi connectivity index (χ1n) is 6.95. The van der Waals surface area contributed by atoms with E-state index in [2.05, 4.69) is 29.8 Å². The average molecular weight is 272 g/mol. The molecule has 0 amide bonds. The second kappa shape index (κ2) is 5.71. The van der Waals surface area contributed by atoms with Gasteiger partial charge in [0.15, 0.2) is 5.82 Å². The van der Waals surface area contributed by atoms with Crippen molar-refractivity contribution >= 4 is 16.5 Å². The summed E-state index contributed by atoms with van der Waals surface area (Å²) in [4.78, 5) is 9.42. The van der Waals surface area contributed by atoms with E-state index in [9.17, 15) is 0 Å². The van der Waals surface area contributed by atoms with Gasteiger partial charge in [0.25, 0.3) is 0 Å². The molecular formula is C19H16N2. The van der Waals surface area contributed by atoms with Crippen LogP contribution in [0, 0.1) is 0 Å². The van der Waals surface area contributed by atoms with E-state index in [1.165, 1.54) is 0 Å². The van der Waals surface area contributed by atoms with Crippen molar-refractivity contribution in [3.05, 3.63) is 79.2 Å². The molecule has 1 heterocycles. The first-order chi connectivity index (χ1) is 10.3. The van der Waals surface area contributed by atoms with Gasteiger partial charge in [-0.2, -0.15) is 0 Å². The highest BCUT2D eigenvalue weighted by molar-refractivity contribution is 5.93. The molecular weight excluding hydrogens is 256 g/mol. The van der Waals surface area contributed by atoms with E-state index in [1.54, 1.807) is 6.08 Å². The van der Waals surface area contributed by atoms with Crippen LogP contribution in [0.15, 0.2) is 73.3 Å². The molecule has 3 rings (SSSR count). The zero-order valence-corrected chi connectivity index (χ0v) is 12.0. The molecule has 3 aromatic rings. The number of benzene rings is 2. The van der Waals surface area contributed by atoms with E-state index in [0.717, 1.165) is 27.7 Å². The van der Waals surface area contributed by atoms with E-state index >= 15 is 0 Å². The number of aromatic nitrogens is 2. The first-order valence-corrected chi connectivity index (χ1v) is 6.95. The number of para-hydroxylation sites is 1. The van der Waals surface area contributed by atoms with Gasteiger partial charge in [-0.3, -0.25) is 0 Å². The number of fused-ring (bicyclic) bond motifs is 1. The lowest BCUT2D eigenvalue weighted by Gasteiger charge is -2.09. The van der Waals surface area contributed by atoms with Crippen LogP contribution in [0.4, 0.5) is 0 Å². The predicted molar refractivity (Wildman–Crippen MR) is 88.8 cm³/mol. The lowest BCUT2D eigenvalue weighted by molar-refractivity contribution is 1.17. The molecule has 0 unspecified atom stereocenters. The second-order valence-electron chi connectivity index (χ2n) is 4.73. The van der Waals surface area contributed by atoms with Crippen molar-refractivity contribution < 1.29 is 0 Å². The molecule has 0 aliphatic carbocycles. The molecule has 0 radical (unpaired) electrons. The van der Waals surface area contributed by atoms with Crippen LogP contribution in [-0.4, -0.2) is 9.97 Å². The van der Waals surface area contributed by atoms with Crippen LogP contribution in [0.1, 0.15) is 12.7 Å². The molecule has 0 spiro atoms. The Kier molecular flexibility index (Phi) is 3.61. The fourth-order valence-electron chi connectivity index (χ4n) is 2.36. The molecule has 0 saturated carbocycles. The first kappa shape index (κ1) is 13.3. The van der Waals surface area contributed by atoms with Gasteiger partial charge in [0.05, 0.1) is 11.2 Å². The van der Waals surface area contributed by atoms with E-state index in [1.807, 2.05) is 49.4 Å². The van der Waals surface area contributed by atoms with Gasteiger partial charge in [-0.25, -0.2) is 9.97 Å². The third-order valence-electron chi connectivity index (χ3n) is 3.44. The van der Waals surface area contributed by atoms with Crippen molar-refractivity contribution in [2.75, 3.05) is 0 Å². The predicted octanol–water partition coefficient (Wildman–Crippen LogP) is 4.89. The van der Waals surface area contributed by atoms with E-state index < -0.39 is 0 Å². The van der Waals surface area contributed by atoms with Crippen molar-refractivity contribution in [1.29, 1.82) is 0 Å². The summed E-state index contributed by atoms with van der Waals surface area (Å²) in [5.41, 5.74) is 3.94. The molecule has 2 aromatic carbocycles. The van der Waals surface area contributed by atoms with Crippen molar-refractivity contribution in [2.24, 2.45) is 0 Å². The zero-order valence-electron chi connectivity index (χ0n) is 12.0. The number of rotatable bonds is 3. The summed E-state index contributed by atoms with van der Waals surface area (Å²) in [6.45, 7) is 5.81. The molecule has 0 saturated heterocycles. The molecule has 2 heteroatoms. The highest BCUT2D eigenvalue weighted by Crippen LogP contribution is 2.27. The standard InChI is InChI=1S/C19H16N2/c1-3-14(4-2)19-20-17-13-9-8-12-16(17)18(21-19)15-10-6-5-7-11-15/h3-13H,1H2,2H3/b14-4+. The van der Waals surface area contributed by atoms with Gasteiger partial charge in [0.1, 0.15) is 0 Å². The van der Waals surface area contributed by atoms with Crippen molar-refractivity contribution in [1.82, 2.24) is 9.97 Å². The molecule has 0 N–H and O–H groups in total. The van der Waals surface area contributed by atoms with Gasteiger partial charge in [-0.15, -0.1) is 0 Å². The summed E-state index contributed by atoms with van der Waals surface area (Å²) in [7, 11) is 0. The Labute approximate surface area is 124 Å². The minimum absolute atomic E-state index is 0.713. The molecule has 0 fully saturated rings. The maximum absolute atomic E-state index is 4.76. The van der Waals surface area contributed by atoms with Crippen LogP contribution < -0.4 is 0 Å². The summed E-state index contributed by atoms with van der Waals surface area (Å²) in [5.74, 6) is 0.713. The number of hydrogen-bond donors (Lipinski definition) is 0. The third-order valence-corrected chi connectivity index (χ3v) is 3.44. The summed E-state index contributed by atoms with van der Waals surface area (Å²) >= 11 is 0. The summed E-state index contributed by atoms with van der Waals surface area (Å²) < 4.78 is 0. The molecule has 2 nitrogen and oxygen atoms in total. The van der Waals surface area contributed by atoms with Crippen LogP contribution in [0.25, 0.3) is 27.7 Å². The molecule has 1 aromatic heterocycles. The minimum atomic E-state index is 0.713. The molecule has 0 aliphatic heterocycles. The van der Waals surface area contributed by atoms with Crippen molar-refractivity contribution in [2.45, 2.75) is 6.92 Å². The highest BCUT2D eigenvalue weighted by atomic mass is 14.9. The molecule has 0 bridgehead atoms. The number of allylic oxidation sites excluding steroid dienone is 3. The van der Waals surface area contributed by atoms with Crippen LogP contribution >= 0.6 is 0 Å². The Bertz CT molecular complexity index is 817. The van der Waals surface area contributed by atoms with Crippen LogP contribution in [0.3, 0.4) is 0 Å². The zero-order chi connectivity index (χ0) is 14.7. The van der Waals surface area contributed by atoms with Crippen molar-refractivity contribution in [3.63, 3.8) is 0 Å². The van der Waals surface area contributed by atoms with E-state index in [-0.39, 0.29) is 0 Å². The fourth-order valence-corrected chi connectivity index (χ4v) is 2.36. The second-order valence-corrected chi connectivity index (χ2v) is 4.73. The topological polar surface area (TPSA) is 25.8 Å². The Hall–Kier alpha value is -2.74. The van der Waals surface area contributed by atoms with Gasteiger partial charge in [-0.05, 0) is 13.0 Å². The maximum atomic E-state index is 4.76. The van der Waals surface area contributed by atoms with Gasteiger partial charge < -0.3 is 0 Å². The van der Waals surface area contributed by atoms with Gasteiger partial charge in [0.2, 0.25) is 0 Å².